The smallest absolute Gasteiger partial charge is 0.230 e. The van der Waals surface area contributed by atoms with Crippen molar-refractivity contribution >= 4 is 17.7 Å². The molecule has 0 fully saturated rings. The molecule has 148 valence electrons. The van der Waals surface area contributed by atoms with E-state index in [1.54, 1.807) is 13.4 Å². The van der Waals surface area contributed by atoms with Crippen molar-refractivity contribution in [2.75, 3.05) is 19.4 Å². The SMILES string of the molecule is COc1ccc(-c2nnc(SCC(=O)NCC(C)C)n2Cc2ccco2)cc1. The summed E-state index contributed by atoms with van der Waals surface area (Å²) in [5.41, 5.74) is 0.913. The topological polar surface area (TPSA) is 82.2 Å². The number of hydrogen-bond acceptors (Lipinski definition) is 6. The Labute approximate surface area is 168 Å². The molecular formula is C20H24N4O3S. The van der Waals surface area contributed by atoms with E-state index in [4.69, 9.17) is 9.15 Å². The molecule has 0 aliphatic carbocycles. The van der Waals surface area contributed by atoms with Gasteiger partial charge in [0, 0.05) is 12.1 Å². The third-order valence-corrected chi connectivity index (χ3v) is 4.97. The highest BCUT2D eigenvalue weighted by Crippen LogP contribution is 2.26. The van der Waals surface area contributed by atoms with Crippen molar-refractivity contribution in [3.8, 4) is 17.1 Å². The van der Waals surface area contributed by atoms with E-state index in [9.17, 15) is 4.79 Å². The van der Waals surface area contributed by atoms with Gasteiger partial charge in [-0.3, -0.25) is 9.36 Å². The standard InChI is InChI=1S/C20H24N4O3S/c1-14(2)11-21-18(25)13-28-20-23-22-19(15-6-8-16(26-3)9-7-15)24(20)12-17-5-4-10-27-17/h4-10,14H,11-13H2,1-3H3,(H,21,25). The van der Waals surface area contributed by atoms with Crippen LogP contribution in [0.4, 0.5) is 0 Å². The van der Waals surface area contributed by atoms with Crippen LogP contribution in [-0.2, 0) is 11.3 Å². The normalized spacial score (nSPS) is 11.0. The summed E-state index contributed by atoms with van der Waals surface area (Å²) in [6, 6.07) is 11.4. The third kappa shape index (κ3) is 5.16. The van der Waals surface area contributed by atoms with E-state index in [0.717, 1.165) is 17.1 Å². The molecule has 2 aromatic heterocycles. The average molecular weight is 401 g/mol. The van der Waals surface area contributed by atoms with E-state index in [1.807, 2.05) is 41.0 Å². The Hall–Kier alpha value is -2.74. The number of thioether (sulfide) groups is 1. The van der Waals surface area contributed by atoms with E-state index in [1.165, 1.54) is 11.8 Å². The minimum absolute atomic E-state index is 0.0164. The molecule has 0 aliphatic rings. The molecule has 3 rings (SSSR count). The summed E-state index contributed by atoms with van der Waals surface area (Å²) in [5, 5.41) is 12.2. The monoisotopic (exact) mass is 400 g/mol. The molecule has 0 radical (unpaired) electrons. The lowest BCUT2D eigenvalue weighted by atomic mass is 10.2. The van der Waals surface area contributed by atoms with Gasteiger partial charge in [-0.05, 0) is 42.3 Å². The van der Waals surface area contributed by atoms with Crippen LogP contribution in [0.1, 0.15) is 19.6 Å². The van der Waals surface area contributed by atoms with Crippen molar-refractivity contribution in [3.63, 3.8) is 0 Å². The lowest BCUT2D eigenvalue weighted by Gasteiger charge is -2.10. The summed E-state index contributed by atoms with van der Waals surface area (Å²) in [6.07, 6.45) is 1.64. The van der Waals surface area contributed by atoms with Crippen molar-refractivity contribution in [2.24, 2.45) is 5.92 Å². The van der Waals surface area contributed by atoms with Gasteiger partial charge in [0.15, 0.2) is 11.0 Å². The van der Waals surface area contributed by atoms with E-state index in [2.05, 4.69) is 29.4 Å². The minimum Gasteiger partial charge on any atom is -0.497 e. The van der Waals surface area contributed by atoms with Gasteiger partial charge in [-0.25, -0.2) is 0 Å². The van der Waals surface area contributed by atoms with Crippen LogP contribution in [0.25, 0.3) is 11.4 Å². The molecular weight excluding hydrogens is 376 g/mol. The van der Waals surface area contributed by atoms with Crippen LogP contribution in [-0.4, -0.2) is 40.1 Å². The number of nitrogens with zero attached hydrogens (tertiary/aromatic N) is 3. The summed E-state index contributed by atoms with van der Waals surface area (Å²) in [6.45, 7) is 5.27. The molecule has 0 bridgehead atoms. The predicted molar refractivity (Wildman–Crippen MR) is 108 cm³/mol. The van der Waals surface area contributed by atoms with Crippen LogP contribution in [0.15, 0.2) is 52.2 Å². The Morgan fingerprint density at radius 3 is 2.68 bits per heavy atom. The number of hydrogen-bond donors (Lipinski definition) is 1. The quantitative estimate of drug-likeness (QED) is 0.554. The van der Waals surface area contributed by atoms with Gasteiger partial charge in [-0.1, -0.05) is 25.6 Å². The van der Waals surface area contributed by atoms with Crippen molar-refractivity contribution in [2.45, 2.75) is 25.5 Å². The molecule has 1 N–H and O–H groups in total. The van der Waals surface area contributed by atoms with Gasteiger partial charge in [0.25, 0.3) is 0 Å². The molecule has 1 amide bonds. The largest absolute Gasteiger partial charge is 0.497 e. The van der Waals surface area contributed by atoms with Crippen LogP contribution < -0.4 is 10.1 Å². The van der Waals surface area contributed by atoms with E-state index in [-0.39, 0.29) is 11.7 Å². The fourth-order valence-corrected chi connectivity index (χ4v) is 3.32. The number of ether oxygens (including phenoxy) is 1. The van der Waals surface area contributed by atoms with Crippen LogP contribution in [0, 0.1) is 5.92 Å². The number of rotatable bonds is 9. The molecule has 0 spiro atoms. The molecule has 0 atom stereocenters. The number of amides is 1. The first-order valence-electron chi connectivity index (χ1n) is 9.06. The second-order valence-electron chi connectivity index (χ2n) is 6.69. The Kier molecular flexibility index (Phi) is 6.76. The first-order chi connectivity index (χ1) is 13.6. The van der Waals surface area contributed by atoms with Gasteiger partial charge in [-0.2, -0.15) is 0 Å². The molecule has 2 heterocycles. The highest BCUT2D eigenvalue weighted by atomic mass is 32.2. The van der Waals surface area contributed by atoms with Gasteiger partial charge in [0.05, 0.1) is 25.7 Å². The lowest BCUT2D eigenvalue weighted by Crippen LogP contribution is -2.28. The Balaban J connectivity index is 1.81. The maximum Gasteiger partial charge on any atom is 0.230 e. The van der Waals surface area contributed by atoms with Gasteiger partial charge in [-0.15, -0.1) is 10.2 Å². The van der Waals surface area contributed by atoms with Crippen molar-refractivity contribution in [1.82, 2.24) is 20.1 Å². The predicted octanol–water partition coefficient (Wildman–Crippen LogP) is 3.46. The summed E-state index contributed by atoms with van der Waals surface area (Å²) < 4.78 is 12.7. The molecule has 8 heteroatoms. The van der Waals surface area contributed by atoms with Crippen molar-refractivity contribution in [1.29, 1.82) is 0 Å². The van der Waals surface area contributed by atoms with Crippen molar-refractivity contribution < 1.29 is 13.9 Å². The maximum absolute atomic E-state index is 12.1. The third-order valence-electron chi connectivity index (χ3n) is 4.00. The lowest BCUT2D eigenvalue weighted by molar-refractivity contribution is -0.118. The fraction of sp³-hybridized carbons (Fsp3) is 0.350. The summed E-state index contributed by atoms with van der Waals surface area (Å²) in [5.74, 6) is 2.96. The number of aromatic nitrogens is 3. The molecule has 1 aromatic carbocycles. The summed E-state index contributed by atoms with van der Waals surface area (Å²) in [7, 11) is 1.63. The van der Waals surface area contributed by atoms with Crippen LogP contribution in [0.5, 0.6) is 5.75 Å². The van der Waals surface area contributed by atoms with Gasteiger partial charge < -0.3 is 14.5 Å². The van der Waals surface area contributed by atoms with Crippen LogP contribution in [0.2, 0.25) is 0 Å². The number of furan rings is 1. The van der Waals surface area contributed by atoms with Gasteiger partial charge in [0.1, 0.15) is 11.5 Å². The Morgan fingerprint density at radius 1 is 1.25 bits per heavy atom. The first-order valence-corrected chi connectivity index (χ1v) is 10.0. The number of benzene rings is 1. The number of carbonyl (C=O) groups is 1. The molecule has 0 saturated heterocycles. The van der Waals surface area contributed by atoms with E-state index in [0.29, 0.717) is 30.0 Å². The van der Waals surface area contributed by atoms with Crippen LogP contribution >= 0.6 is 11.8 Å². The summed E-state index contributed by atoms with van der Waals surface area (Å²) in [4.78, 5) is 12.1. The zero-order chi connectivity index (χ0) is 19.9. The Morgan fingerprint density at radius 2 is 2.04 bits per heavy atom. The highest BCUT2D eigenvalue weighted by Gasteiger charge is 2.17. The van der Waals surface area contributed by atoms with Crippen LogP contribution in [0.3, 0.4) is 0 Å². The second kappa shape index (κ2) is 9.45. The number of methoxy groups -OCH3 is 1. The maximum atomic E-state index is 12.1. The molecule has 0 saturated carbocycles. The summed E-state index contributed by atoms with van der Waals surface area (Å²) >= 11 is 1.36. The molecule has 0 unspecified atom stereocenters. The zero-order valence-electron chi connectivity index (χ0n) is 16.2. The molecule has 3 aromatic rings. The number of nitrogens with one attached hydrogen (secondary N) is 1. The average Bonchev–Trinajstić information content (AvgIpc) is 3.35. The molecule has 7 nitrogen and oxygen atoms in total. The highest BCUT2D eigenvalue weighted by molar-refractivity contribution is 7.99. The molecule has 28 heavy (non-hydrogen) atoms. The van der Waals surface area contributed by atoms with Gasteiger partial charge >= 0.3 is 0 Å². The number of carbonyl (C=O) groups excluding carboxylic acids is 1. The van der Waals surface area contributed by atoms with Gasteiger partial charge in [0.2, 0.25) is 5.91 Å². The van der Waals surface area contributed by atoms with E-state index >= 15 is 0 Å². The molecule has 0 aliphatic heterocycles. The van der Waals surface area contributed by atoms with E-state index < -0.39 is 0 Å². The zero-order valence-corrected chi connectivity index (χ0v) is 17.0. The Bertz CT molecular complexity index is 889. The second-order valence-corrected chi connectivity index (χ2v) is 7.63. The first kappa shape index (κ1) is 20.0. The minimum atomic E-state index is -0.0164. The fourth-order valence-electron chi connectivity index (χ4n) is 2.55. The van der Waals surface area contributed by atoms with Crippen molar-refractivity contribution in [3.05, 3.63) is 48.4 Å².